The van der Waals surface area contributed by atoms with Crippen molar-refractivity contribution in [2.75, 3.05) is 51.8 Å². The van der Waals surface area contributed by atoms with Gasteiger partial charge in [0.25, 0.3) is 0 Å². The summed E-state index contributed by atoms with van der Waals surface area (Å²) in [6, 6.07) is 21.1. The maximum Gasteiger partial charge on any atom is 0.169 e. The Morgan fingerprint density at radius 2 is 1.51 bits per heavy atom. The van der Waals surface area contributed by atoms with Crippen LogP contribution < -0.4 is 19.1 Å². The minimum atomic E-state index is 0. The fourth-order valence-electron chi connectivity index (χ4n) is 5.05. The Hall–Kier alpha value is -2.60. The first-order valence-corrected chi connectivity index (χ1v) is 11.8. The van der Waals surface area contributed by atoms with E-state index >= 15 is 0 Å². The van der Waals surface area contributed by atoms with Gasteiger partial charge in [0.2, 0.25) is 0 Å². The molecule has 5 rings (SSSR count). The van der Waals surface area contributed by atoms with Crippen molar-refractivity contribution in [2.24, 2.45) is 0 Å². The minimum Gasteiger partial charge on any atom is -0.495 e. The van der Waals surface area contributed by atoms with Gasteiger partial charge in [-0.15, -0.1) is 24.8 Å². The van der Waals surface area contributed by atoms with E-state index in [2.05, 4.69) is 52.3 Å². The van der Waals surface area contributed by atoms with Crippen LogP contribution in [0.2, 0.25) is 0 Å². The van der Waals surface area contributed by atoms with Gasteiger partial charge in [-0.1, -0.05) is 42.5 Å². The summed E-state index contributed by atoms with van der Waals surface area (Å²) in [6.45, 7) is 5.90. The SMILES string of the molecule is COc1ccccc1N1CCN(CCCc2ccc(OC)c3c2-c2ccccc2CO3)CC1.Cl.Cl. The van der Waals surface area contributed by atoms with E-state index in [0.29, 0.717) is 6.61 Å². The summed E-state index contributed by atoms with van der Waals surface area (Å²) in [6.07, 6.45) is 2.15. The highest BCUT2D eigenvalue weighted by Crippen LogP contribution is 2.45. The number of hydrogen-bond acceptors (Lipinski definition) is 5. The molecule has 1 fully saturated rings. The van der Waals surface area contributed by atoms with Gasteiger partial charge in [-0.25, -0.2) is 0 Å². The van der Waals surface area contributed by atoms with Crippen LogP contribution in [-0.4, -0.2) is 51.8 Å². The van der Waals surface area contributed by atoms with Gasteiger partial charge in [-0.05, 0) is 54.3 Å². The molecule has 188 valence electrons. The number of piperazine rings is 1. The summed E-state index contributed by atoms with van der Waals surface area (Å²) in [7, 11) is 3.46. The maximum atomic E-state index is 6.13. The lowest BCUT2D eigenvalue weighted by atomic mass is 9.90. The van der Waals surface area contributed by atoms with Crippen molar-refractivity contribution < 1.29 is 14.2 Å². The quantitative estimate of drug-likeness (QED) is 0.392. The number of para-hydroxylation sites is 2. The van der Waals surface area contributed by atoms with Crippen molar-refractivity contribution in [2.45, 2.75) is 19.4 Å². The Labute approximate surface area is 220 Å². The molecule has 0 spiro atoms. The van der Waals surface area contributed by atoms with Gasteiger partial charge in [-0.2, -0.15) is 0 Å². The zero-order valence-corrected chi connectivity index (χ0v) is 22.0. The third-order valence-electron chi connectivity index (χ3n) is 6.81. The number of rotatable bonds is 7. The van der Waals surface area contributed by atoms with Gasteiger partial charge in [-0.3, -0.25) is 4.90 Å². The lowest BCUT2D eigenvalue weighted by Gasteiger charge is -2.36. The first-order chi connectivity index (χ1) is 16.3. The van der Waals surface area contributed by atoms with Crippen molar-refractivity contribution in [3.8, 4) is 28.4 Å². The molecule has 0 aliphatic carbocycles. The second-order valence-corrected chi connectivity index (χ2v) is 8.68. The second-order valence-electron chi connectivity index (χ2n) is 8.68. The molecule has 3 aromatic carbocycles. The molecule has 1 saturated heterocycles. The summed E-state index contributed by atoms with van der Waals surface area (Å²) in [5, 5.41) is 0. The maximum absolute atomic E-state index is 6.13. The molecule has 7 heteroatoms. The van der Waals surface area contributed by atoms with Gasteiger partial charge in [0.1, 0.15) is 12.4 Å². The molecule has 0 radical (unpaired) electrons. The van der Waals surface area contributed by atoms with Gasteiger partial charge in [0, 0.05) is 31.7 Å². The van der Waals surface area contributed by atoms with E-state index in [1.54, 1.807) is 14.2 Å². The lowest BCUT2D eigenvalue weighted by molar-refractivity contribution is 0.254. The van der Waals surface area contributed by atoms with Crippen LogP contribution in [-0.2, 0) is 13.0 Å². The van der Waals surface area contributed by atoms with Crippen LogP contribution in [0.4, 0.5) is 5.69 Å². The molecule has 2 heterocycles. The lowest BCUT2D eigenvalue weighted by Crippen LogP contribution is -2.46. The van der Waals surface area contributed by atoms with Crippen molar-refractivity contribution >= 4 is 30.5 Å². The van der Waals surface area contributed by atoms with Gasteiger partial charge in [0.15, 0.2) is 11.5 Å². The summed E-state index contributed by atoms with van der Waals surface area (Å²) in [4.78, 5) is 5.01. The molecule has 0 unspecified atom stereocenters. The highest BCUT2D eigenvalue weighted by Gasteiger charge is 2.24. The average Bonchev–Trinajstić information content (AvgIpc) is 2.88. The molecule has 2 aliphatic heterocycles. The number of ether oxygens (including phenoxy) is 3. The van der Waals surface area contributed by atoms with E-state index in [4.69, 9.17) is 14.2 Å². The molecular weight excluding hydrogens is 483 g/mol. The normalized spacial score (nSPS) is 14.5. The summed E-state index contributed by atoms with van der Waals surface area (Å²) in [5.41, 5.74) is 6.26. The Balaban J connectivity index is 0.00000171. The van der Waals surface area contributed by atoms with Crippen LogP contribution >= 0.6 is 24.8 Å². The predicted molar refractivity (Wildman–Crippen MR) is 147 cm³/mol. The molecule has 0 bridgehead atoms. The van der Waals surface area contributed by atoms with E-state index in [1.165, 1.54) is 27.9 Å². The van der Waals surface area contributed by atoms with Crippen LogP contribution in [0.15, 0.2) is 60.7 Å². The molecular formula is C28H34Cl2N2O3. The predicted octanol–water partition coefficient (Wildman–Crippen LogP) is 5.86. The highest BCUT2D eigenvalue weighted by atomic mass is 35.5. The average molecular weight is 517 g/mol. The molecule has 3 aromatic rings. The van der Waals surface area contributed by atoms with E-state index < -0.39 is 0 Å². The molecule has 0 N–H and O–H groups in total. The number of halogens is 2. The van der Waals surface area contributed by atoms with E-state index in [-0.39, 0.29) is 24.8 Å². The number of anilines is 1. The first-order valence-electron chi connectivity index (χ1n) is 11.8. The largest absolute Gasteiger partial charge is 0.495 e. The summed E-state index contributed by atoms with van der Waals surface area (Å²) < 4.78 is 17.3. The highest BCUT2D eigenvalue weighted by molar-refractivity contribution is 5.85. The Morgan fingerprint density at radius 1 is 0.800 bits per heavy atom. The first kappa shape index (κ1) is 27.0. The molecule has 0 aromatic heterocycles. The second kappa shape index (κ2) is 12.4. The molecule has 5 nitrogen and oxygen atoms in total. The van der Waals surface area contributed by atoms with Crippen LogP contribution in [0.3, 0.4) is 0 Å². The third-order valence-corrected chi connectivity index (χ3v) is 6.81. The smallest absolute Gasteiger partial charge is 0.169 e. The molecule has 2 aliphatic rings. The van der Waals surface area contributed by atoms with Crippen LogP contribution in [0.5, 0.6) is 17.2 Å². The topological polar surface area (TPSA) is 34.2 Å². The van der Waals surface area contributed by atoms with E-state index in [9.17, 15) is 0 Å². The van der Waals surface area contributed by atoms with Crippen LogP contribution in [0, 0.1) is 0 Å². The Kier molecular flexibility index (Phi) is 9.55. The fraction of sp³-hybridized carbons (Fsp3) is 0.357. The monoisotopic (exact) mass is 516 g/mol. The zero-order chi connectivity index (χ0) is 22.6. The van der Waals surface area contributed by atoms with Crippen molar-refractivity contribution in [1.82, 2.24) is 4.90 Å². The molecule has 0 amide bonds. The number of benzene rings is 3. The third kappa shape index (κ3) is 5.64. The summed E-state index contributed by atoms with van der Waals surface area (Å²) >= 11 is 0. The standard InChI is InChI=1S/C28H32N2O3.2ClH/c1-31-25-12-6-5-11-24(25)30-18-16-29(17-19-30)15-7-9-21-13-14-26(32-2)28-27(21)23-10-4-3-8-22(23)20-33-28;;/h3-6,8,10-14H,7,9,15-20H2,1-2H3;2*1H. The Morgan fingerprint density at radius 3 is 2.29 bits per heavy atom. The molecule has 0 saturated carbocycles. The van der Waals surface area contributed by atoms with E-state index in [1.807, 2.05) is 18.2 Å². The van der Waals surface area contributed by atoms with Crippen molar-refractivity contribution in [3.63, 3.8) is 0 Å². The Bertz CT molecular complexity index is 1120. The molecule has 35 heavy (non-hydrogen) atoms. The van der Waals surface area contributed by atoms with Crippen LogP contribution in [0.1, 0.15) is 17.5 Å². The number of hydrogen-bond donors (Lipinski definition) is 0. The zero-order valence-electron chi connectivity index (χ0n) is 20.4. The van der Waals surface area contributed by atoms with E-state index in [0.717, 1.165) is 62.8 Å². The summed E-state index contributed by atoms with van der Waals surface area (Å²) in [5.74, 6) is 2.66. The molecule has 0 atom stereocenters. The number of aryl methyl sites for hydroxylation is 1. The number of nitrogens with zero attached hydrogens (tertiary/aromatic N) is 2. The van der Waals surface area contributed by atoms with Crippen molar-refractivity contribution in [3.05, 3.63) is 71.8 Å². The van der Waals surface area contributed by atoms with Gasteiger partial charge < -0.3 is 19.1 Å². The minimum absolute atomic E-state index is 0. The van der Waals surface area contributed by atoms with Gasteiger partial charge >= 0.3 is 0 Å². The van der Waals surface area contributed by atoms with Crippen molar-refractivity contribution in [1.29, 1.82) is 0 Å². The fourth-order valence-corrected chi connectivity index (χ4v) is 5.05. The van der Waals surface area contributed by atoms with Gasteiger partial charge in [0.05, 0.1) is 19.9 Å². The van der Waals surface area contributed by atoms with Crippen LogP contribution in [0.25, 0.3) is 11.1 Å². The number of methoxy groups -OCH3 is 2. The number of fused-ring (bicyclic) bond motifs is 3.